The molecule has 0 aliphatic rings. The van der Waals surface area contributed by atoms with E-state index in [9.17, 15) is 10.1 Å². The summed E-state index contributed by atoms with van der Waals surface area (Å²) in [5, 5.41) is 18.6. The number of H-pyrrole nitrogens is 1. The smallest absolute Gasteiger partial charge is 0.269 e. The van der Waals surface area contributed by atoms with E-state index in [4.69, 9.17) is 5.73 Å². The van der Waals surface area contributed by atoms with Gasteiger partial charge in [-0.1, -0.05) is 6.07 Å². The number of aromatic nitrogens is 2. The highest BCUT2D eigenvalue weighted by molar-refractivity contribution is 6.01. The molecule has 0 aliphatic carbocycles. The number of fused-ring (bicyclic) bond motifs is 1. The number of hydrogen-bond acceptors (Lipinski definition) is 4. The Hall–Kier alpha value is -2.89. The van der Waals surface area contributed by atoms with Gasteiger partial charge in [-0.25, -0.2) is 0 Å². The maximum atomic E-state index is 10.6. The average Bonchev–Trinajstić information content (AvgIpc) is 2.84. The van der Waals surface area contributed by atoms with Crippen molar-refractivity contribution in [2.75, 3.05) is 5.73 Å². The summed E-state index contributed by atoms with van der Waals surface area (Å²) >= 11 is 0. The number of nitrogens with zero attached hydrogens (tertiary/aromatic N) is 2. The van der Waals surface area contributed by atoms with Gasteiger partial charge >= 0.3 is 0 Å². The molecule has 0 atom stereocenters. The van der Waals surface area contributed by atoms with Crippen LogP contribution in [0.3, 0.4) is 0 Å². The van der Waals surface area contributed by atoms with E-state index >= 15 is 0 Å². The van der Waals surface area contributed by atoms with E-state index in [0.717, 1.165) is 16.5 Å². The van der Waals surface area contributed by atoms with Crippen LogP contribution in [-0.2, 0) is 0 Å². The van der Waals surface area contributed by atoms with Crippen molar-refractivity contribution in [2.24, 2.45) is 0 Å². The van der Waals surface area contributed by atoms with E-state index in [1.54, 1.807) is 18.2 Å². The predicted molar refractivity (Wildman–Crippen MR) is 72.6 cm³/mol. The van der Waals surface area contributed by atoms with Crippen molar-refractivity contribution in [1.82, 2.24) is 10.2 Å². The average molecular weight is 254 g/mol. The molecule has 0 aliphatic heterocycles. The second-order valence-electron chi connectivity index (χ2n) is 4.15. The second kappa shape index (κ2) is 4.09. The van der Waals surface area contributed by atoms with Crippen LogP contribution in [0.4, 0.5) is 11.4 Å². The Morgan fingerprint density at radius 3 is 2.58 bits per heavy atom. The van der Waals surface area contributed by atoms with Gasteiger partial charge < -0.3 is 5.73 Å². The van der Waals surface area contributed by atoms with E-state index in [1.165, 1.54) is 12.1 Å². The summed E-state index contributed by atoms with van der Waals surface area (Å²) < 4.78 is 0. The molecule has 1 heterocycles. The Bertz CT molecular complexity index is 762. The molecule has 6 heteroatoms. The Morgan fingerprint density at radius 2 is 1.89 bits per heavy atom. The summed E-state index contributed by atoms with van der Waals surface area (Å²) in [4.78, 5) is 10.2. The van der Waals surface area contributed by atoms with E-state index in [1.807, 2.05) is 12.1 Å². The molecule has 3 aromatic rings. The van der Waals surface area contributed by atoms with Crippen molar-refractivity contribution in [3.05, 3.63) is 52.6 Å². The summed E-state index contributed by atoms with van der Waals surface area (Å²) in [7, 11) is 0. The molecule has 0 radical (unpaired) electrons. The maximum Gasteiger partial charge on any atom is 0.269 e. The van der Waals surface area contributed by atoms with Crippen molar-refractivity contribution in [1.29, 1.82) is 0 Å². The number of aromatic amines is 1. The summed E-state index contributed by atoms with van der Waals surface area (Å²) in [5.41, 5.74) is 8.95. The third-order valence-corrected chi connectivity index (χ3v) is 2.97. The molecule has 0 fully saturated rings. The fourth-order valence-electron chi connectivity index (χ4n) is 2.05. The molecule has 2 aromatic carbocycles. The molecule has 3 N–H and O–H groups in total. The first-order valence-corrected chi connectivity index (χ1v) is 5.64. The van der Waals surface area contributed by atoms with Crippen molar-refractivity contribution in [3.63, 3.8) is 0 Å². The minimum Gasteiger partial charge on any atom is -0.398 e. The Kier molecular flexibility index (Phi) is 2.42. The molecule has 3 rings (SSSR count). The zero-order chi connectivity index (χ0) is 13.4. The number of rotatable bonds is 2. The number of hydrogen-bond donors (Lipinski definition) is 2. The van der Waals surface area contributed by atoms with Gasteiger partial charge in [0.05, 0.1) is 15.8 Å². The molecular formula is C13H10N4O2. The molecule has 1 aromatic heterocycles. The highest BCUT2D eigenvalue weighted by atomic mass is 16.6. The van der Waals surface area contributed by atoms with Crippen molar-refractivity contribution in [3.8, 4) is 11.3 Å². The first-order chi connectivity index (χ1) is 9.16. The zero-order valence-electron chi connectivity index (χ0n) is 9.83. The van der Waals surface area contributed by atoms with Gasteiger partial charge in [-0.05, 0) is 24.3 Å². The van der Waals surface area contributed by atoms with Crippen LogP contribution in [0.5, 0.6) is 0 Å². The quantitative estimate of drug-likeness (QED) is 0.417. The van der Waals surface area contributed by atoms with Crippen molar-refractivity contribution < 1.29 is 4.92 Å². The lowest BCUT2D eigenvalue weighted by atomic mass is 10.1. The minimum absolute atomic E-state index is 0.0524. The van der Waals surface area contributed by atoms with Crippen LogP contribution in [0.2, 0.25) is 0 Å². The Balaban J connectivity index is 2.16. The second-order valence-corrected chi connectivity index (χ2v) is 4.15. The molecule has 0 unspecified atom stereocenters. The van der Waals surface area contributed by atoms with E-state index in [2.05, 4.69) is 10.2 Å². The fourth-order valence-corrected chi connectivity index (χ4v) is 2.05. The van der Waals surface area contributed by atoms with Crippen LogP contribution in [0, 0.1) is 10.1 Å². The zero-order valence-corrected chi connectivity index (χ0v) is 9.83. The van der Waals surface area contributed by atoms with Gasteiger partial charge in [-0.2, -0.15) is 5.10 Å². The highest BCUT2D eigenvalue weighted by Crippen LogP contribution is 2.31. The van der Waals surface area contributed by atoms with Crippen molar-refractivity contribution in [2.45, 2.75) is 0 Å². The molecule has 94 valence electrons. The van der Waals surface area contributed by atoms with Crippen LogP contribution >= 0.6 is 0 Å². The molecule has 0 saturated carbocycles. The number of nitro benzene ring substituents is 1. The molecule has 0 bridgehead atoms. The maximum absolute atomic E-state index is 10.6. The third kappa shape index (κ3) is 1.79. The SMILES string of the molecule is Nc1cccc2[nH]nc(-c3ccc([N+](=O)[O-])cc3)c12. The normalized spacial score (nSPS) is 10.7. The van der Waals surface area contributed by atoms with Gasteiger partial charge in [0.15, 0.2) is 0 Å². The van der Waals surface area contributed by atoms with E-state index in [-0.39, 0.29) is 5.69 Å². The molecule has 19 heavy (non-hydrogen) atoms. The fraction of sp³-hybridized carbons (Fsp3) is 0. The first kappa shape index (κ1) is 11.2. The van der Waals surface area contributed by atoms with Crippen LogP contribution in [0.1, 0.15) is 0 Å². The van der Waals surface area contributed by atoms with E-state index in [0.29, 0.717) is 11.4 Å². The summed E-state index contributed by atoms with van der Waals surface area (Å²) in [6, 6.07) is 11.8. The summed E-state index contributed by atoms with van der Waals surface area (Å²) in [6.45, 7) is 0. The standard InChI is InChI=1S/C13H10N4O2/c14-10-2-1-3-11-12(10)13(16-15-11)8-4-6-9(7-5-8)17(18)19/h1-7H,14H2,(H,15,16). The summed E-state index contributed by atoms with van der Waals surface area (Å²) in [5.74, 6) is 0. The van der Waals surface area contributed by atoms with Crippen LogP contribution in [0.25, 0.3) is 22.2 Å². The lowest BCUT2D eigenvalue weighted by Crippen LogP contribution is -1.89. The third-order valence-electron chi connectivity index (χ3n) is 2.97. The van der Waals surface area contributed by atoms with Gasteiger partial charge in [0.2, 0.25) is 0 Å². The van der Waals surface area contributed by atoms with E-state index < -0.39 is 4.92 Å². The number of nitrogens with one attached hydrogen (secondary N) is 1. The van der Waals surface area contributed by atoms with Gasteiger partial charge in [-0.15, -0.1) is 0 Å². The number of non-ortho nitro benzene ring substituents is 1. The van der Waals surface area contributed by atoms with Gasteiger partial charge in [-0.3, -0.25) is 15.2 Å². The number of nitrogen functional groups attached to an aromatic ring is 1. The minimum atomic E-state index is -0.430. The number of nitrogens with two attached hydrogens (primary N) is 1. The van der Waals surface area contributed by atoms with Crippen LogP contribution in [0.15, 0.2) is 42.5 Å². The predicted octanol–water partition coefficient (Wildman–Crippen LogP) is 2.72. The molecule has 0 amide bonds. The van der Waals surface area contributed by atoms with Gasteiger partial charge in [0.1, 0.15) is 5.69 Å². The Labute approximate surface area is 108 Å². The summed E-state index contributed by atoms with van der Waals surface area (Å²) in [6.07, 6.45) is 0. The lowest BCUT2D eigenvalue weighted by molar-refractivity contribution is -0.384. The number of benzene rings is 2. The Morgan fingerprint density at radius 1 is 1.16 bits per heavy atom. The lowest BCUT2D eigenvalue weighted by Gasteiger charge is -2.00. The van der Waals surface area contributed by atoms with Crippen LogP contribution in [-0.4, -0.2) is 15.1 Å². The van der Waals surface area contributed by atoms with Gasteiger partial charge in [0.25, 0.3) is 5.69 Å². The van der Waals surface area contributed by atoms with Gasteiger partial charge in [0, 0.05) is 23.4 Å². The first-order valence-electron chi connectivity index (χ1n) is 5.64. The number of anilines is 1. The topological polar surface area (TPSA) is 97.8 Å². The molecule has 0 spiro atoms. The molecule has 0 saturated heterocycles. The molecular weight excluding hydrogens is 244 g/mol. The van der Waals surface area contributed by atoms with Crippen LogP contribution < -0.4 is 5.73 Å². The largest absolute Gasteiger partial charge is 0.398 e. The van der Waals surface area contributed by atoms with Crippen molar-refractivity contribution >= 4 is 22.3 Å². The highest BCUT2D eigenvalue weighted by Gasteiger charge is 2.12. The number of nitro groups is 1. The monoisotopic (exact) mass is 254 g/mol. The molecule has 6 nitrogen and oxygen atoms in total.